The molecule has 1 saturated heterocycles. The number of carbonyl (C=O) groups is 3. The lowest BCUT2D eigenvalue weighted by molar-refractivity contribution is -0.122. The quantitative estimate of drug-likeness (QED) is 0.332. The van der Waals surface area contributed by atoms with Crippen LogP contribution < -0.4 is 10.2 Å². The molecule has 0 aliphatic carbocycles. The number of rotatable bonds is 5. The molecule has 176 valence electrons. The number of imide groups is 2. The van der Waals surface area contributed by atoms with Gasteiger partial charge >= 0.3 is 6.03 Å². The van der Waals surface area contributed by atoms with Crippen molar-refractivity contribution in [2.75, 3.05) is 4.90 Å². The number of nitriles is 1. The number of nitrogens with one attached hydrogen (secondary N) is 1. The highest BCUT2D eigenvalue weighted by Gasteiger charge is 2.37. The maximum atomic E-state index is 13.4. The number of nitrogens with zero attached hydrogens (tertiary/aromatic N) is 3. The molecule has 1 fully saturated rings. The summed E-state index contributed by atoms with van der Waals surface area (Å²) in [6.45, 7) is 2.46. The summed E-state index contributed by atoms with van der Waals surface area (Å²) in [5.74, 6) is -1.42. The van der Waals surface area contributed by atoms with Crippen LogP contribution in [0.25, 0.3) is 17.0 Å². The van der Waals surface area contributed by atoms with Crippen LogP contribution in [0.2, 0.25) is 0 Å². The minimum Gasteiger partial charge on any atom is -0.342 e. The third-order valence-electron chi connectivity index (χ3n) is 6.30. The summed E-state index contributed by atoms with van der Waals surface area (Å²) >= 11 is 0. The molecule has 0 bridgehead atoms. The number of aryl methyl sites for hydroxylation is 1. The van der Waals surface area contributed by atoms with Gasteiger partial charge in [-0.25, -0.2) is 9.69 Å². The number of hydrogen-bond acceptors (Lipinski definition) is 4. The van der Waals surface area contributed by atoms with Crippen molar-refractivity contribution < 1.29 is 14.4 Å². The maximum Gasteiger partial charge on any atom is 0.335 e. The number of carbonyl (C=O) groups excluding carboxylic acids is 3. The lowest BCUT2D eigenvalue weighted by atomic mass is 10.1. The Balaban J connectivity index is 1.56. The average Bonchev–Trinajstić information content (AvgIpc) is 3.24. The topological polar surface area (TPSA) is 95.2 Å². The van der Waals surface area contributed by atoms with Crippen molar-refractivity contribution >= 4 is 40.5 Å². The Bertz CT molecular complexity index is 1590. The molecule has 0 radical (unpaired) electrons. The van der Waals surface area contributed by atoms with Crippen LogP contribution >= 0.6 is 0 Å². The van der Waals surface area contributed by atoms with Crippen molar-refractivity contribution in [2.24, 2.45) is 0 Å². The SMILES string of the molecule is CCc1ccc(N2C(=O)NC(=O)/C(=C/c3cn(Cc4ccccc4C#N)c4ccccc34)C2=O)cc1. The summed E-state index contributed by atoms with van der Waals surface area (Å²) in [6, 6.07) is 23.6. The van der Waals surface area contributed by atoms with E-state index < -0.39 is 17.8 Å². The highest BCUT2D eigenvalue weighted by atomic mass is 16.2. The molecule has 3 aromatic carbocycles. The van der Waals surface area contributed by atoms with E-state index in [4.69, 9.17) is 0 Å². The first-order chi connectivity index (χ1) is 17.5. The van der Waals surface area contributed by atoms with Crippen LogP contribution in [0.5, 0.6) is 0 Å². The fraction of sp³-hybridized carbons (Fsp3) is 0.103. The molecular formula is C29H22N4O3. The van der Waals surface area contributed by atoms with Crippen LogP contribution in [-0.2, 0) is 22.6 Å². The number of urea groups is 1. The summed E-state index contributed by atoms with van der Waals surface area (Å²) in [5.41, 5.74) is 4.33. The first-order valence-electron chi connectivity index (χ1n) is 11.6. The summed E-state index contributed by atoms with van der Waals surface area (Å²) in [5, 5.41) is 12.6. The van der Waals surface area contributed by atoms with Crippen molar-refractivity contribution in [3.63, 3.8) is 0 Å². The number of para-hydroxylation sites is 1. The van der Waals surface area contributed by atoms with Crippen LogP contribution in [-0.4, -0.2) is 22.4 Å². The molecule has 4 amide bonds. The van der Waals surface area contributed by atoms with Gasteiger partial charge in [-0.3, -0.25) is 14.9 Å². The zero-order valence-electron chi connectivity index (χ0n) is 19.6. The molecule has 0 atom stereocenters. The number of aromatic nitrogens is 1. The second-order valence-corrected chi connectivity index (χ2v) is 8.48. The van der Waals surface area contributed by atoms with E-state index in [1.165, 1.54) is 6.08 Å². The zero-order chi connectivity index (χ0) is 25.2. The lowest BCUT2D eigenvalue weighted by Gasteiger charge is -2.26. The number of amides is 4. The van der Waals surface area contributed by atoms with E-state index in [0.29, 0.717) is 23.4 Å². The molecule has 1 aliphatic rings. The van der Waals surface area contributed by atoms with Gasteiger partial charge in [0.1, 0.15) is 5.57 Å². The van der Waals surface area contributed by atoms with Crippen molar-refractivity contribution in [2.45, 2.75) is 19.9 Å². The lowest BCUT2D eigenvalue weighted by Crippen LogP contribution is -2.54. The van der Waals surface area contributed by atoms with Gasteiger partial charge in [0.2, 0.25) is 0 Å². The molecular weight excluding hydrogens is 452 g/mol. The smallest absolute Gasteiger partial charge is 0.335 e. The predicted molar refractivity (Wildman–Crippen MR) is 137 cm³/mol. The fourth-order valence-electron chi connectivity index (χ4n) is 4.40. The highest BCUT2D eigenvalue weighted by Crippen LogP contribution is 2.28. The monoisotopic (exact) mass is 474 g/mol. The van der Waals surface area contributed by atoms with Crippen molar-refractivity contribution in [1.29, 1.82) is 5.26 Å². The standard InChI is InChI=1S/C29H22N4O3/c1-2-19-11-13-23(14-12-19)33-28(35)25(27(34)31-29(33)36)15-22-18-32(26-10-6-5-9-24(22)26)17-21-8-4-3-7-20(21)16-30/h3-15,18H,2,17H2,1H3,(H,31,34,36)/b25-15-. The van der Waals surface area contributed by atoms with E-state index in [0.717, 1.165) is 33.4 Å². The van der Waals surface area contributed by atoms with E-state index in [1.807, 2.05) is 72.3 Å². The second-order valence-electron chi connectivity index (χ2n) is 8.48. The third kappa shape index (κ3) is 4.05. The summed E-state index contributed by atoms with van der Waals surface area (Å²) in [7, 11) is 0. The molecule has 2 heterocycles. The van der Waals surface area contributed by atoms with Crippen LogP contribution in [0, 0.1) is 11.3 Å². The minimum absolute atomic E-state index is 0.130. The van der Waals surface area contributed by atoms with Crippen molar-refractivity contribution in [1.82, 2.24) is 9.88 Å². The van der Waals surface area contributed by atoms with Gasteiger partial charge in [0.25, 0.3) is 11.8 Å². The highest BCUT2D eigenvalue weighted by molar-refractivity contribution is 6.39. The van der Waals surface area contributed by atoms with Gasteiger partial charge in [0.05, 0.1) is 17.3 Å². The zero-order valence-corrected chi connectivity index (χ0v) is 19.6. The molecule has 4 aromatic rings. The van der Waals surface area contributed by atoms with Crippen LogP contribution in [0.3, 0.4) is 0 Å². The van der Waals surface area contributed by atoms with Gasteiger partial charge in [-0.1, -0.05) is 55.5 Å². The number of barbiturate groups is 1. The van der Waals surface area contributed by atoms with Gasteiger partial charge in [-0.2, -0.15) is 5.26 Å². The molecule has 36 heavy (non-hydrogen) atoms. The first-order valence-corrected chi connectivity index (χ1v) is 11.6. The second kappa shape index (κ2) is 9.35. The Kier molecular flexibility index (Phi) is 5.93. The summed E-state index contributed by atoms with van der Waals surface area (Å²) in [6.07, 6.45) is 4.20. The average molecular weight is 475 g/mol. The van der Waals surface area contributed by atoms with Crippen LogP contribution in [0.4, 0.5) is 10.5 Å². The first kappa shape index (κ1) is 22.8. The van der Waals surface area contributed by atoms with E-state index in [1.54, 1.807) is 18.2 Å². The molecule has 7 nitrogen and oxygen atoms in total. The van der Waals surface area contributed by atoms with Gasteiger partial charge in [-0.15, -0.1) is 0 Å². The molecule has 1 aromatic heterocycles. The molecule has 0 spiro atoms. The van der Waals surface area contributed by atoms with Crippen molar-refractivity contribution in [3.05, 3.63) is 107 Å². The van der Waals surface area contributed by atoms with E-state index >= 15 is 0 Å². The number of hydrogen-bond donors (Lipinski definition) is 1. The molecule has 0 saturated carbocycles. The Morgan fingerprint density at radius 3 is 2.42 bits per heavy atom. The molecule has 1 aliphatic heterocycles. The largest absolute Gasteiger partial charge is 0.342 e. The Labute approximate surface area is 207 Å². The maximum absolute atomic E-state index is 13.4. The van der Waals surface area contributed by atoms with Gasteiger partial charge < -0.3 is 4.57 Å². The van der Waals surface area contributed by atoms with E-state index in [2.05, 4.69) is 11.4 Å². The van der Waals surface area contributed by atoms with Crippen molar-refractivity contribution in [3.8, 4) is 6.07 Å². The fourth-order valence-corrected chi connectivity index (χ4v) is 4.40. The van der Waals surface area contributed by atoms with E-state index in [9.17, 15) is 19.6 Å². The molecule has 7 heteroatoms. The minimum atomic E-state index is -0.776. The Morgan fingerprint density at radius 2 is 1.67 bits per heavy atom. The van der Waals surface area contributed by atoms with Gasteiger partial charge in [-0.05, 0) is 47.9 Å². The van der Waals surface area contributed by atoms with Gasteiger partial charge in [0, 0.05) is 29.2 Å². The summed E-state index contributed by atoms with van der Waals surface area (Å²) in [4.78, 5) is 39.6. The third-order valence-corrected chi connectivity index (χ3v) is 6.30. The van der Waals surface area contributed by atoms with Crippen LogP contribution in [0.15, 0.2) is 84.6 Å². The number of fused-ring (bicyclic) bond motifs is 1. The van der Waals surface area contributed by atoms with Gasteiger partial charge in [0.15, 0.2) is 0 Å². The Hall–Kier alpha value is -4.96. The van der Waals surface area contributed by atoms with Crippen LogP contribution in [0.1, 0.15) is 29.2 Å². The number of anilines is 1. The molecule has 1 N–H and O–H groups in total. The Morgan fingerprint density at radius 1 is 0.944 bits per heavy atom. The normalized spacial score (nSPS) is 14.8. The summed E-state index contributed by atoms with van der Waals surface area (Å²) < 4.78 is 1.98. The van der Waals surface area contributed by atoms with E-state index in [-0.39, 0.29) is 5.57 Å². The molecule has 5 rings (SSSR count). The molecule has 0 unspecified atom stereocenters. The number of benzene rings is 3. The predicted octanol–water partition coefficient (Wildman–Crippen LogP) is 4.79.